The second kappa shape index (κ2) is 5.48. The van der Waals surface area contributed by atoms with Gasteiger partial charge in [-0.2, -0.15) is 0 Å². The molecule has 2 aromatic rings. The van der Waals surface area contributed by atoms with Gasteiger partial charge in [-0.1, -0.05) is 15.9 Å². The number of nitrogens with zero attached hydrogens (tertiary/aromatic N) is 1. The lowest BCUT2D eigenvalue weighted by Crippen LogP contribution is -2.47. The van der Waals surface area contributed by atoms with Gasteiger partial charge in [0.1, 0.15) is 5.58 Å². The van der Waals surface area contributed by atoms with E-state index >= 15 is 0 Å². The minimum absolute atomic E-state index is 0.0273. The average Bonchev–Trinajstić information content (AvgIpc) is 2.76. The van der Waals surface area contributed by atoms with Crippen molar-refractivity contribution in [2.75, 3.05) is 0 Å². The van der Waals surface area contributed by atoms with E-state index in [1.807, 2.05) is 30.0 Å². The highest BCUT2D eigenvalue weighted by molar-refractivity contribution is 9.10. The third kappa shape index (κ3) is 2.50. The molecule has 2 heterocycles. The normalized spacial score (nSPS) is 22.8. The molecule has 0 bridgehead atoms. The molecule has 1 aliphatic heterocycles. The fraction of sp³-hybridized carbons (Fsp3) is 0.471. The SMILES string of the molecule is Cc1c(C(=O)N2C(C)CCCC2C)oc2ccc(Br)cc12. The number of carbonyl (C=O) groups excluding carboxylic acids is 1. The molecular weight excluding hydrogens is 330 g/mol. The van der Waals surface area contributed by atoms with Crippen LogP contribution in [-0.4, -0.2) is 22.9 Å². The summed E-state index contributed by atoms with van der Waals surface area (Å²) in [5.41, 5.74) is 1.71. The lowest BCUT2D eigenvalue weighted by atomic mass is 9.97. The molecule has 3 rings (SSSR count). The van der Waals surface area contributed by atoms with E-state index in [2.05, 4.69) is 29.8 Å². The van der Waals surface area contributed by atoms with E-state index in [-0.39, 0.29) is 18.0 Å². The molecule has 112 valence electrons. The third-order valence-corrected chi connectivity index (χ3v) is 5.01. The first-order valence-electron chi connectivity index (χ1n) is 7.50. The van der Waals surface area contributed by atoms with Crippen LogP contribution in [0.15, 0.2) is 27.1 Å². The number of likely N-dealkylation sites (tertiary alicyclic amines) is 1. The Morgan fingerprint density at radius 3 is 2.62 bits per heavy atom. The van der Waals surface area contributed by atoms with Crippen LogP contribution in [0.3, 0.4) is 0 Å². The first kappa shape index (κ1) is 14.6. The highest BCUT2D eigenvalue weighted by atomic mass is 79.9. The quantitative estimate of drug-likeness (QED) is 0.732. The molecular formula is C17H20BrNO2. The molecule has 1 fully saturated rings. The fourth-order valence-electron chi connectivity index (χ4n) is 3.34. The largest absolute Gasteiger partial charge is 0.451 e. The molecule has 3 nitrogen and oxygen atoms in total. The Bertz CT molecular complexity index is 681. The molecule has 0 saturated carbocycles. The van der Waals surface area contributed by atoms with Crippen LogP contribution >= 0.6 is 15.9 Å². The van der Waals surface area contributed by atoms with Gasteiger partial charge in [0.15, 0.2) is 5.76 Å². The Morgan fingerprint density at radius 1 is 1.29 bits per heavy atom. The van der Waals surface area contributed by atoms with Gasteiger partial charge in [0.25, 0.3) is 5.91 Å². The molecule has 1 aliphatic rings. The van der Waals surface area contributed by atoms with Crippen molar-refractivity contribution < 1.29 is 9.21 Å². The monoisotopic (exact) mass is 349 g/mol. The Kier molecular flexibility index (Phi) is 3.82. The second-order valence-electron chi connectivity index (χ2n) is 6.04. The summed E-state index contributed by atoms with van der Waals surface area (Å²) >= 11 is 3.47. The smallest absolute Gasteiger partial charge is 0.290 e. The number of aryl methyl sites for hydroxylation is 1. The maximum absolute atomic E-state index is 12.9. The number of hydrogen-bond donors (Lipinski definition) is 0. The Labute approximate surface area is 133 Å². The van der Waals surface area contributed by atoms with Crippen LogP contribution < -0.4 is 0 Å². The number of carbonyl (C=O) groups is 1. The summed E-state index contributed by atoms with van der Waals surface area (Å²) in [5.74, 6) is 0.517. The van der Waals surface area contributed by atoms with E-state index in [4.69, 9.17) is 4.42 Å². The van der Waals surface area contributed by atoms with Crippen LogP contribution in [-0.2, 0) is 0 Å². The zero-order chi connectivity index (χ0) is 15.1. The molecule has 2 atom stereocenters. The predicted octanol–water partition coefficient (Wildman–Crippen LogP) is 4.91. The number of rotatable bonds is 1. The Hall–Kier alpha value is -1.29. The molecule has 0 spiro atoms. The third-order valence-electron chi connectivity index (χ3n) is 4.52. The molecule has 1 aromatic heterocycles. The Morgan fingerprint density at radius 2 is 1.95 bits per heavy atom. The maximum Gasteiger partial charge on any atom is 0.290 e. The van der Waals surface area contributed by atoms with Gasteiger partial charge in [-0.05, 0) is 58.2 Å². The summed E-state index contributed by atoms with van der Waals surface area (Å²) in [5, 5.41) is 1.00. The molecule has 1 saturated heterocycles. The fourth-order valence-corrected chi connectivity index (χ4v) is 3.70. The molecule has 0 radical (unpaired) electrons. The predicted molar refractivity (Wildman–Crippen MR) is 87.6 cm³/mol. The van der Waals surface area contributed by atoms with Crippen molar-refractivity contribution in [2.24, 2.45) is 0 Å². The summed E-state index contributed by atoms with van der Waals surface area (Å²) in [6, 6.07) is 6.41. The van der Waals surface area contributed by atoms with E-state index in [1.54, 1.807) is 0 Å². The van der Waals surface area contributed by atoms with Crippen LogP contribution in [0.5, 0.6) is 0 Å². The Balaban J connectivity index is 2.03. The first-order valence-corrected chi connectivity index (χ1v) is 8.29. The minimum Gasteiger partial charge on any atom is -0.451 e. The van der Waals surface area contributed by atoms with Gasteiger partial charge in [0.05, 0.1) is 0 Å². The molecule has 0 aliphatic carbocycles. The summed E-state index contributed by atoms with van der Waals surface area (Å²) in [6.07, 6.45) is 3.33. The van der Waals surface area contributed by atoms with Gasteiger partial charge in [0.2, 0.25) is 0 Å². The molecule has 0 N–H and O–H groups in total. The zero-order valence-electron chi connectivity index (χ0n) is 12.6. The highest BCUT2D eigenvalue weighted by Gasteiger charge is 2.32. The van der Waals surface area contributed by atoms with E-state index in [0.29, 0.717) is 5.76 Å². The van der Waals surface area contributed by atoms with Crippen molar-refractivity contribution in [1.82, 2.24) is 4.90 Å². The van der Waals surface area contributed by atoms with Gasteiger partial charge in [-0.25, -0.2) is 0 Å². The number of fused-ring (bicyclic) bond motifs is 1. The molecule has 2 unspecified atom stereocenters. The number of furan rings is 1. The van der Waals surface area contributed by atoms with Crippen molar-refractivity contribution >= 4 is 32.8 Å². The number of benzene rings is 1. The summed E-state index contributed by atoms with van der Waals surface area (Å²) < 4.78 is 6.85. The van der Waals surface area contributed by atoms with Crippen LogP contribution in [0, 0.1) is 6.92 Å². The first-order chi connectivity index (χ1) is 9.99. The van der Waals surface area contributed by atoms with Crippen molar-refractivity contribution in [3.63, 3.8) is 0 Å². The van der Waals surface area contributed by atoms with Crippen molar-refractivity contribution in [3.05, 3.63) is 34.0 Å². The molecule has 21 heavy (non-hydrogen) atoms. The number of halogens is 1. The van der Waals surface area contributed by atoms with Gasteiger partial charge in [0, 0.05) is 27.5 Å². The standard InChI is InChI=1S/C17H20BrNO2/c1-10-5-4-6-11(2)19(10)17(20)16-12(3)14-9-13(18)7-8-15(14)21-16/h7-11H,4-6H2,1-3H3. The molecule has 1 aromatic carbocycles. The van der Waals surface area contributed by atoms with Crippen molar-refractivity contribution in [1.29, 1.82) is 0 Å². The van der Waals surface area contributed by atoms with Gasteiger partial charge in [-0.3, -0.25) is 4.79 Å². The summed E-state index contributed by atoms with van der Waals surface area (Å²) in [6.45, 7) is 6.22. The van der Waals surface area contributed by atoms with Crippen LogP contribution in [0.25, 0.3) is 11.0 Å². The van der Waals surface area contributed by atoms with Gasteiger partial charge < -0.3 is 9.32 Å². The second-order valence-corrected chi connectivity index (χ2v) is 6.95. The highest BCUT2D eigenvalue weighted by Crippen LogP contribution is 2.31. The lowest BCUT2D eigenvalue weighted by Gasteiger charge is -2.38. The number of hydrogen-bond acceptors (Lipinski definition) is 2. The zero-order valence-corrected chi connectivity index (χ0v) is 14.2. The minimum atomic E-state index is 0.0273. The van der Waals surface area contributed by atoms with Crippen molar-refractivity contribution in [2.45, 2.75) is 52.1 Å². The van der Waals surface area contributed by atoms with Crippen molar-refractivity contribution in [3.8, 4) is 0 Å². The van der Waals surface area contributed by atoms with E-state index in [0.717, 1.165) is 33.8 Å². The number of amides is 1. The molecule has 1 amide bonds. The van der Waals surface area contributed by atoms with E-state index in [1.165, 1.54) is 6.42 Å². The summed E-state index contributed by atoms with van der Waals surface area (Å²) in [4.78, 5) is 14.9. The van der Waals surface area contributed by atoms with Gasteiger partial charge >= 0.3 is 0 Å². The summed E-state index contributed by atoms with van der Waals surface area (Å²) in [7, 11) is 0. The van der Waals surface area contributed by atoms with Crippen LogP contribution in [0.2, 0.25) is 0 Å². The topological polar surface area (TPSA) is 33.5 Å². The lowest BCUT2D eigenvalue weighted by molar-refractivity contribution is 0.0480. The average molecular weight is 350 g/mol. The van der Waals surface area contributed by atoms with Gasteiger partial charge in [-0.15, -0.1) is 0 Å². The van der Waals surface area contributed by atoms with Crippen LogP contribution in [0.1, 0.15) is 49.2 Å². The maximum atomic E-state index is 12.9. The van der Waals surface area contributed by atoms with E-state index < -0.39 is 0 Å². The number of piperidine rings is 1. The molecule has 4 heteroatoms. The van der Waals surface area contributed by atoms with Crippen LogP contribution in [0.4, 0.5) is 0 Å². The van der Waals surface area contributed by atoms with E-state index in [9.17, 15) is 4.79 Å².